The highest BCUT2D eigenvalue weighted by atomic mass is 32.1. The molecule has 102 valence electrons. The van der Waals surface area contributed by atoms with Crippen molar-refractivity contribution in [3.63, 3.8) is 0 Å². The van der Waals surface area contributed by atoms with E-state index >= 15 is 0 Å². The van der Waals surface area contributed by atoms with E-state index in [1.165, 1.54) is 18.5 Å². The van der Waals surface area contributed by atoms with E-state index in [2.05, 4.69) is 39.1 Å². The minimum atomic E-state index is 0.177. The molecule has 2 heterocycles. The molecule has 5 heteroatoms. The molecule has 1 aliphatic rings. The van der Waals surface area contributed by atoms with Crippen LogP contribution in [0.4, 0.5) is 0 Å². The largest absolute Gasteiger partial charge is 0.330 e. The van der Waals surface area contributed by atoms with Gasteiger partial charge in [0.05, 0.1) is 18.2 Å². The van der Waals surface area contributed by atoms with E-state index in [1.807, 2.05) is 19.4 Å². The first-order valence-corrected chi connectivity index (χ1v) is 7.73. The smallest absolute Gasteiger partial charge is 0.116 e. The van der Waals surface area contributed by atoms with Crippen molar-refractivity contribution in [1.82, 2.24) is 19.9 Å². The van der Waals surface area contributed by atoms with Gasteiger partial charge in [0, 0.05) is 23.2 Å². The van der Waals surface area contributed by atoms with Crippen molar-refractivity contribution in [3.8, 4) is 0 Å². The van der Waals surface area contributed by atoms with E-state index in [1.54, 1.807) is 11.3 Å². The highest BCUT2D eigenvalue weighted by Gasteiger charge is 2.29. The quantitative estimate of drug-likeness (QED) is 0.912. The second-order valence-electron chi connectivity index (χ2n) is 5.52. The molecule has 1 fully saturated rings. The molecule has 1 unspecified atom stereocenters. The van der Waals surface area contributed by atoms with Crippen molar-refractivity contribution in [2.75, 3.05) is 0 Å². The highest BCUT2D eigenvalue weighted by Crippen LogP contribution is 2.31. The zero-order valence-corrected chi connectivity index (χ0v) is 12.4. The van der Waals surface area contributed by atoms with Crippen LogP contribution in [-0.2, 0) is 0 Å². The third kappa shape index (κ3) is 2.72. The van der Waals surface area contributed by atoms with Crippen LogP contribution < -0.4 is 5.32 Å². The Morgan fingerprint density at radius 3 is 2.79 bits per heavy atom. The molecule has 1 N–H and O–H groups in total. The molecule has 0 bridgehead atoms. The van der Waals surface area contributed by atoms with Gasteiger partial charge in [0.1, 0.15) is 11.0 Å². The summed E-state index contributed by atoms with van der Waals surface area (Å²) in [4.78, 5) is 8.99. The average molecular weight is 276 g/mol. The second-order valence-corrected chi connectivity index (χ2v) is 6.41. The first-order valence-electron chi connectivity index (χ1n) is 6.85. The molecule has 19 heavy (non-hydrogen) atoms. The summed E-state index contributed by atoms with van der Waals surface area (Å²) in [7, 11) is 0. The Bertz CT molecular complexity index is 553. The lowest BCUT2D eigenvalue weighted by atomic mass is 10.2. The third-order valence-electron chi connectivity index (χ3n) is 3.41. The van der Waals surface area contributed by atoms with Crippen LogP contribution in [0.5, 0.6) is 0 Å². The number of aromatic nitrogens is 3. The summed E-state index contributed by atoms with van der Waals surface area (Å²) in [5.74, 6) is 0. The van der Waals surface area contributed by atoms with Gasteiger partial charge in [0.2, 0.25) is 0 Å². The van der Waals surface area contributed by atoms with E-state index in [9.17, 15) is 0 Å². The topological polar surface area (TPSA) is 42.7 Å². The molecule has 0 spiro atoms. The van der Waals surface area contributed by atoms with Crippen LogP contribution in [0.25, 0.3) is 0 Å². The van der Waals surface area contributed by atoms with Gasteiger partial charge in [0.25, 0.3) is 0 Å². The van der Waals surface area contributed by atoms with Crippen molar-refractivity contribution in [2.24, 2.45) is 0 Å². The molecule has 2 aromatic rings. The van der Waals surface area contributed by atoms with Gasteiger partial charge in [-0.05, 0) is 33.6 Å². The zero-order chi connectivity index (χ0) is 13.4. The van der Waals surface area contributed by atoms with Gasteiger partial charge < -0.3 is 9.88 Å². The summed E-state index contributed by atoms with van der Waals surface area (Å²) in [6.45, 7) is 6.42. The van der Waals surface area contributed by atoms with Gasteiger partial charge in [-0.15, -0.1) is 11.3 Å². The number of thiazole rings is 1. The molecule has 1 saturated carbocycles. The molecule has 1 atom stereocenters. The van der Waals surface area contributed by atoms with Crippen molar-refractivity contribution in [2.45, 2.75) is 51.7 Å². The number of rotatable bonds is 5. The summed E-state index contributed by atoms with van der Waals surface area (Å²) >= 11 is 1.73. The lowest BCUT2D eigenvalue weighted by molar-refractivity contribution is 0.511. The van der Waals surface area contributed by atoms with E-state index in [4.69, 9.17) is 0 Å². The molecule has 0 aliphatic heterocycles. The predicted octanol–water partition coefficient (Wildman–Crippen LogP) is 3.07. The van der Waals surface area contributed by atoms with Crippen LogP contribution in [0.1, 0.15) is 55.2 Å². The Labute approximate surface area is 117 Å². The monoisotopic (exact) mass is 276 g/mol. The molecule has 0 radical (unpaired) electrons. The maximum absolute atomic E-state index is 4.66. The maximum atomic E-state index is 4.66. The Balaban J connectivity index is 1.95. The average Bonchev–Trinajstić information content (AvgIpc) is 2.89. The third-order valence-corrected chi connectivity index (χ3v) is 4.44. The summed E-state index contributed by atoms with van der Waals surface area (Å²) in [5.41, 5.74) is 2.31. The Morgan fingerprint density at radius 2 is 2.21 bits per heavy atom. The molecule has 3 rings (SSSR count). The zero-order valence-electron chi connectivity index (χ0n) is 11.6. The normalized spacial score (nSPS) is 17.1. The molecule has 0 amide bonds. The molecular formula is C14H20N4S. The predicted molar refractivity (Wildman–Crippen MR) is 77.5 cm³/mol. The highest BCUT2D eigenvalue weighted by molar-refractivity contribution is 7.09. The minimum Gasteiger partial charge on any atom is -0.330 e. The number of aryl methyl sites for hydroxylation is 1. The maximum Gasteiger partial charge on any atom is 0.116 e. The molecule has 0 saturated heterocycles. The van der Waals surface area contributed by atoms with Crippen LogP contribution >= 0.6 is 11.3 Å². The van der Waals surface area contributed by atoms with Crippen LogP contribution in [0.3, 0.4) is 0 Å². The molecule has 0 aromatic carbocycles. The fourth-order valence-corrected chi connectivity index (χ4v) is 3.11. The van der Waals surface area contributed by atoms with Crippen LogP contribution in [0, 0.1) is 6.92 Å². The molecule has 4 nitrogen and oxygen atoms in total. The van der Waals surface area contributed by atoms with E-state index in [0.29, 0.717) is 12.1 Å². The second kappa shape index (κ2) is 5.06. The number of imidazole rings is 1. The fourth-order valence-electron chi connectivity index (χ4n) is 2.24. The van der Waals surface area contributed by atoms with Gasteiger partial charge in [-0.3, -0.25) is 0 Å². The van der Waals surface area contributed by atoms with Gasteiger partial charge >= 0.3 is 0 Å². The van der Waals surface area contributed by atoms with Crippen molar-refractivity contribution in [1.29, 1.82) is 0 Å². The van der Waals surface area contributed by atoms with Gasteiger partial charge in [0.15, 0.2) is 0 Å². The van der Waals surface area contributed by atoms with Gasteiger partial charge in [-0.2, -0.15) is 0 Å². The molecule has 1 aliphatic carbocycles. The SMILES string of the molecule is Cc1csc(C(NC2CC2)c2cncn2C(C)C)n1. The summed E-state index contributed by atoms with van der Waals surface area (Å²) in [6, 6.07) is 1.24. The Morgan fingerprint density at radius 1 is 1.42 bits per heavy atom. The van der Waals surface area contributed by atoms with E-state index in [-0.39, 0.29) is 6.04 Å². The summed E-state index contributed by atoms with van der Waals surface area (Å²) < 4.78 is 2.23. The molecule has 2 aromatic heterocycles. The fraction of sp³-hybridized carbons (Fsp3) is 0.571. The number of nitrogens with one attached hydrogen (secondary N) is 1. The Kier molecular flexibility index (Phi) is 3.41. The lowest BCUT2D eigenvalue weighted by Crippen LogP contribution is -2.27. The van der Waals surface area contributed by atoms with E-state index < -0.39 is 0 Å². The van der Waals surface area contributed by atoms with Crippen LogP contribution in [0.15, 0.2) is 17.9 Å². The van der Waals surface area contributed by atoms with Gasteiger partial charge in [-0.25, -0.2) is 9.97 Å². The first-order chi connectivity index (χ1) is 9.15. The lowest BCUT2D eigenvalue weighted by Gasteiger charge is -2.20. The Hall–Kier alpha value is -1.20. The van der Waals surface area contributed by atoms with Gasteiger partial charge in [-0.1, -0.05) is 0 Å². The summed E-state index contributed by atoms with van der Waals surface area (Å²) in [6.07, 6.45) is 6.44. The van der Waals surface area contributed by atoms with Crippen LogP contribution in [-0.4, -0.2) is 20.6 Å². The number of nitrogens with zero attached hydrogens (tertiary/aromatic N) is 3. The van der Waals surface area contributed by atoms with Crippen molar-refractivity contribution in [3.05, 3.63) is 34.3 Å². The number of hydrogen-bond acceptors (Lipinski definition) is 4. The first kappa shape index (κ1) is 12.8. The number of hydrogen-bond donors (Lipinski definition) is 1. The van der Waals surface area contributed by atoms with E-state index in [0.717, 1.165) is 10.7 Å². The van der Waals surface area contributed by atoms with Crippen molar-refractivity contribution >= 4 is 11.3 Å². The van der Waals surface area contributed by atoms with Crippen LogP contribution in [0.2, 0.25) is 0 Å². The minimum absolute atomic E-state index is 0.177. The molecular weight excluding hydrogens is 256 g/mol. The summed E-state index contributed by atoms with van der Waals surface area (Å²) in [5, 5.41) is 6.97. The standard InChI is InChI=1S/C14H20N4S/c1-9(2)18-8-15-6-12(18)13(17-11-4-5-11)14-16-10(3)7-19-14/h6-9,11,13,17H,4-5H2,1-3H3. The van der Waals surface area contributed by atoms with Crippen molar-refractivity contribution < 1.29 is 0 Å².